The van der Waals surface area contributed by atoms with Crippen LogP contribution in [0.5, 0.6) is 5.75 Å². The van der Waals surface area contributed by atoms with Gasteiger partial charge < -0.3 is 19.9 Å². The van der Waals surface area contributed by atoms with E-state index in [1.807, 2.05) is 37.8 Å². The van der Waals surface area contributed by atoms with E-state index in [-0.39, 0.29) is 30.6 Å². The van der Waals surface area contributed by atoms with Crippen LogP contribution in [0.15, 0.2) is 35.7 Å². The van der Waals surface area contributed by atoms with E-state index in [1.165, 1.54) is 4.88 Å². The third-order valence-electron chi connectivity index (χ3n) is 5.15. The number of benzene rings is 1. The molecule has 2 heterocycles. The number of carbonyl (C=O) groups excluding carboxylic acids is 2. The smallest absolute Gasteiger partial charge is 0.318 e. The quantitative estimate of drug-likeness (QED) is 0.683. The molecule has 8 heteroatoms. The SMILES string of the molecule is CCNC(=O)N(CC(=O)N1CCc2sccc2C1COc1ccc(Cl)cc1)C(C)C. The van der Waals surface area contributed by atoms with E-state index in [1.54, 1.807) is 28.4 Å². The molecule has 1 N–H and O–H groups in total. The number of hydrogen-bond donors (Lipinski definition) is 1. The fourth-order valence-electron chi connectivity index (χ4n) is 3.56. The summed E-state index contributed by atoms with van der Waals surface area (Å²) in [5.74, 6) is 0.636. The van der Waals surface area contributed by atoms with Crippen LogP contribution in [0.2, 0.25) is 5.02 Å². The van der Waals surface area contributed by atoms with E-state index >= 15 is 0 Å². The van der Waals surface area contributed by atoms with Crippen LogP contribution in [0.3, 0.4) is 0 Å². The molecular formula is C22H28ClN3O3S. The van der Waals surface area contributed by atoms with Crippen LogP contribution in [0.1, 0.15) is 37.3 Å². The van der Waals surface area contributed by atoms with Crippen molar-refractivity contribution in [2.24, 2.45) is 0 Å². The maximum absolute atomic E-state index is 13.3. The Balaban J connectivity index is 1.76. The predicted octanol–water partition coefficient (Wildman–Crippen LogP) is 4.35. The summed E-state index contributed by atoms with van der Waals surface area (Å²) in [6, 6.07) is 8.79. The molecule has 0 radical (unpaired) electrons. The molecule has 3 amide bonds. The Morgan fingerprint density at radius 3 is 2.70 bits per heavy atom. The van der Waals surface area contributed by atoms with Crippen LogP contribution in [0.25, 0.3) is 0 Å². The summed E-state index contributed by atoms with van der Waals surface area (Å²) in [6.07, 6.45) is 0.818. The normalized spacial score (nSPS) is 15.6. The lowest BCUT2D eigenvalue weighted by Gasteiger charge is -2.37. The van der Waals surface area contributed by atoms with Crippen LogP contribution in [0, 0.1) is 0 Å². The molecule has 0 bridgehead atoms. The number of thiophene rings is 1. The zero-order valence-corrected chi connectivity index (χ0v) is 19.1. The van der Waals surface area contributed by atoms with E-state index in [9.17, 15) is 9.59 Å². The lowest BCUT2D eigenvalue weighted by Crippen LogP contribution is -2.51. The van der Waals surface area contributed by atoms with Gasteiger partial charge in [-0.1, -0.05) is 11.6 Å². The number of hydrogen-bond acceptors (Lipinski definition) is 4. The van der Waals surface area contributed by atoms with Crippen molar-refractivity contribution < 1.29 is 14.3 Å². The average molecular weight is 450 g/mol. The minimum absolute atomic E-state index is 0.0421. The van der Waals surface area contributed by atoms with E-state index in [0.717, 1.165) is 12.0 Å². The molecule has 162 valence electrons. The number of urea groups is 1. The van der Waals surface area contributed by atoms with E-state index in [2.05, 4.69) is 16.8 Å². The molecule has 1 unspecified atom stereocenters. The highest BCUT2D eigenvalue weighted by Crippen LogP contribution is 2.34. The first-order valence-corrected chi connectivity index (χ1v) is 11.4. The molecule has 0 saturated heterocycles. The first-order valence-electron chi connectivity index (χ1n) is 10.2. The Kier molecular flexibility index (Phi) is 7.61. The lowest BCUT2D eigenvalue weighted by molar-refractivity contribution is -0.135. The molecule has 1 aliphatic heterocycles. The average Bonchev–Trinajstić information content (AvgIpc) is 3.20. The van der Waals surface area contributed by atoms with Crippen molar-refractivity contribution in [3.8, 4) is 5.75 Å². The highest BCUT2D eigenvalue weighted by atomic mass is 35.5. The molecular weight excluding hydrogens is 422 g/mol. The maximum atomic E-state index is 13.3. The molecule has 0 saturated carbocycles. The van der Waals surface area contributed by atoms with Crippen molar-refractivity contribution in [1.29, 1.82) is 0 Å². The first kappa shape index (κ1) is 22.4. The van der Waals surface area contributed by atoms with Gasteiger partial charge in [0.15, 0.2) is 0 Å². The Morgan fingerprint density at radius 2 is 2.03 bits per heavy atom. The Labute approximate surface area is 186 Å². The van der Waals surface area contributed by atoms with Gasteiger partial charge in [-0.05, 0) is 68.5 Å². The van der Waals surface area contributed by atoms with Crippen LogP contribution < -0.4 is 10.1 Å². The molecule has 1 aromatic heterocycles. The van der Waals surface area contributed by atoms with Gasteiger partial charge in [0.2, 0.25) is 5.91 Å². The van der Waals surface area contributed by atoms with Crippen LogP contribution in [-0.2, 0) is 11.2 Å². The molecule has 2 aromatic rings. The number of carbonyl (C=O) groups is 2. The number of amides is 3. The molecule has 6 nitrogen and oxygen atoms in total. The molecule has 1 aromatic carbocycles. The monoisotopic (exact) mass is 449 g/mol. The first-order chi connectivity index (χ1) is 14.4. The number of fused-ring (bicyclic) bond motifs is 1. The van der Waals surface area contributed by atoms with E-state index < -0.39 is 0 Å². The second-order valence-corrected chi connectivity index (χ2v) is 8.91. The molecule has 0 spiro atoms. The molecule has 1 atom stereocenters. The fraction of sp³-hybridized carbons (Fsp3) is 0.455. The molecule has 30 heavy (non-hydrogen) atoms. The molecule has 0 aliphatic carbocycles. The van der Waals surface area contributed by atoms with Crippen LogP contribution in [0.4, 0.5) is 4.79 Å². The van der Waals surface area contributed by atoms with Gasteiger partial charge in [-0.15, -0.1) is 11.3 Å². The largest absolute Gasteiger partial charge is 0.491 e. The minimum atomic E-state index is -0.219. The number of rotatable bonds is 7. The second-order valence-electron chi connectivity index (χ2n) is 7.47. The highest BCUT2D eigenvalue weighted by Gasteiger charge is 2.33. The van der Waals surface area contributed by atoms with Crippen LogP contribution >= 0.6 is 22.9 Å². The summed E-state index contributed by atoms with van der Waals surface area (Å²) in [6.45, 7) is 7.22. The third-order valence-corrected chi connectivity index (χ3v) is 6.40. The van der Waals surface area contributed by atoms with Gasteiger partial charge in [0.25, 0.3) is 0 Å². The lowest BCUT2D eigenvalue weighted by atomic mass is 10.0. The van der Waals surface area contributed by atoms with E-state index in [0.29, 0.717) is 30.5 Å². The third kappa shape index (κ3) is 5.26. The number of nitrogens with one attached hydrogen (secondary N) is 1. The van der Waals surface area contributed by atoms with Gasteiger partial charge in [-0.2, -0.15) is 0 Å². The van der Waals surface area contributed by atoms with Gasteiger partial charge in [0, 0.05) is 29.0 Å². The Hall–Kier alpha value is -2.25. The highest BCUT2D eigenvalue weighted by molar-refractivity contribution is 7.10. The summed E-state index contributed by atoms with van der Waals surface area (Å²) in [5, 5.41) is 5.50. The summed E-state index contributed by atoms with van der Waals surface area (Å²) < 4.78 is 6.00. The molecule has 1 aliphatic rings. The molecule has 3 rings (SSSR count). The second kappa shape index (κ2) is 10.2. The maximum Gasteiger partial charge on any atom is 0.318 e. The van der Waals surface area contributed by atoms with Crippen molar-refractivity contribution in [3.05, 3.63) is 51.2 Å². The number of halogens is 1. The van der Waals surface area contributed by atoms with Gasteiger partial charge in [-0.25, -0.2) is 4.79 Å². The Morgan fingerprint density at radius 1 is 1.30 bits per heavy atom. The van der Waals surface area contributed by atoms with Crippen molar-refractivity contribution in [3.63, 3.8) is 0 Å². The van der Waals surface area contributed by atoms with Gasteiger partial charge in [-0.3, -0.25) is 4.79 Å². The Bertz CT molecular complexity index is 869. The minimum Gasteiger partial charge on any atom is -0.491 e. The molecule has 0 fully saturated rings. The zero-order valence-electron chi connectivity index (χ0n) is 17.6. The fourth-order valence-corrected chi connectivity index (χ4v) is 4.61. The van der Waals surface area contributed by atoms with Crippen LogP contribution in [-0.4, -0.2) is 54.0 Å². The van der Waals surface area contributed by atoms with Gasteiger partial charge in [0.1, 0.15) is 18.9 Å². The van der Waals surface area contributed by atoms with E-state index in [4.69, 9.17) is 16.3 Å². The number of ether oxygens (including phenoxy) is 1. The predicted molar refractivity (Wildman–Crippen MR) is 120 cm³/mol. The summed E-state index contributed by atoms with van der Waals surface area (Å²) in [5.41, 5.74) is 1.13. The zero-order chi connectivity index (χ0) is 21.7. The summed E-state index contributed by atoms with van der Waals surface area (Å²) >= 11 is 7.67. The van der Waals surface area contributed by atoms with Crippen molar-refractivity contribution in [2.45, 2.75) is 39.3 Å². The standard InChI is InChI=1S/C22H28ClN3O3S/c1-4-24-22(28)26(15(2)3)13-21(27)25-11-9-20-18(10-12-30-20)19(25)14-29-17-7-5-16(23)6-8-17/h5-8,10,12,15,19H,4,9,11,13-14H2,1-3H3,(H,24,28). The van der Waals surface area contributed by atoms with Gasteiger partial charge >= 0.3 is 6.03 Å². The van der Waals surface area contributed by atoms with Crippen molar-refractivity contribution in [1.82, 2.24) is 15.1 Å². The van der Waals surface area contributed by atoms with Gasteiger partial charge in [0.05, 0.1) is 6.04 Å². The topological polar surface area (TPSA) is 61.9 Å². The number of nitrogens with zero attached hydrogens (tertiary/aromatic N) is 2. The van der Waals surface area contributed by atoms with Crippen molar-refractivity contribution in [2.75, 3.05) is 26.2 Å². The van der Waals surface area contributed by atoms with Crippen molar-refractivity contribution >= 4 is 34.9 Å². The summed E-state index contributed by atoms with van der Waals surface area (Å²) in [4.78, 5) is 30.4. The summed E-state index contributed by atoms with van der Waals surface area (Å²) in [7, 11) is 0.